The van der Waals surface area contributed by atoms with Gasteiger partial charge in [0.05, 0.1) is 12.1 Å². The molecule has 0 spiro atoms. The third-order valence-corrected chi connectivity index (χ3v) is 4.94. The van der Waals surface area contributed by atoms with Gasteiger partial charge in [-0.25, -0.2) is 4.98 Å². The Morgan fingerprint density at radius 2 is 2.23 bits per heavy atom. The molecule has 0 saturated carbocycles. The molecule has 1 aliphatic rings. The van der Waals surface area contributed by atoms with Gasteiger partial charge in [-0.3, -0.25) is 25.3 Å². The van der Waals surface area contributed by atoms with Gasteiger partial charge >= 0.3 is 0 Å². The number of hydrazine groups is 1. The minimum absolute atomic E-state index is 0.0782. The fourth-order valence-corrected chi connectivity index (χ4v) is 3.64. The first kappa shape index (κ1) is 18.6. The van der Waals surface area contributed by atoms with E-state index in [-0.39, 0.29) is 23.3 Å². The smallest absolute Gasteiger partial charge is 0.244 e. The molecule has 1 fully saturated rings. The molecule has 0 radical (unpaired) electrons. The van der Waals surface area contributed by atoms with Crippen LogP contribution in [0.2, 0.25) is 5.02 Å². The van der Waals surface area contributed by atoms with Gasteiger partial charge in [-0.15, -0.1) is 11.3 Å². The Hall–Kier alpha value is -2.23. The van der Waals surface area contributed by atoms with Crippen molar-refractivity contribution in [3.8, 4) is 0 Å². The molecule has 3 rings (SSSR count). The van der Waals surface area contributed by atoms with Gasteiger partial charge < -0.3 is 5.32 Å². The quantitative estimate of drug-likeness (QED) is 0.531. The summed E-state index contributed by atoms with van der Waals surface area (Å²) in [7, 11) is 0. The second-order valence-electron chi connectivity index (χ2n) is 5.58. The van der Waals surface area contributed by atoms with Gasteiger partial charge in [0.1, 0.15) is 0 Å². The van der Waals surface area contributed by atoms with Crippen molar-refractivity contribution in [1.29, 1.82) is 0 Å². The minimum atomic E-state index is -0.287. The van der Waals surface area contributed by atoms with Crippen molar-refractivity contribution < 1.29 is 9.59 Å². The molecule has 1 aromatic heterocycles. The predicted molar refractivity (Wildman–Crippen MR) is 106 cm³/mol. The SMILES string of the molecule is O=C(Cc1csc(N2CCCC2=O)n1)NNC(=S)Nc1cccc(Cl)c1. The van der Waals surface area contributed by atoms with E-state index < -0.39 is 0 Å². The molecule has 2 amide bonds. The zero-order valence-corrected chi connectivity index (χ0v) is 16.0. The Bertz CT molecular complexity index is 842. The molecule has 0 unspecified atom stereocenters. The molecule has 1 aliphatic heterocycles. The molecule has 1 aromatic carbocycles. The number of nitrogens with one attached hydrogen (secondary N) is 3. The average Bonchev–Trinajstić information content (AvgIpc) is 3.21. The molecule has 1 saturated heterocycles. The van der Waals surface area contributed by atoms with Crippen molar-refractivity contribution >= 4 is 62.9 Å². The molecule has 0 bridgehead atoms. The number of carbonyl (C=O) groups is 2. The van der Waals surface area contributed by atoms with Crippen LogP contribution in [-0.4, -0.2) is 28.5 Å². The maximum Gasteiger partial charge on any atom is 0.244 e. The first-order valence-corrected chi connectivity index (χ1v) is 9.54. The van der Waals surface area contributed by atoms with Crippen LogP contribution in [0.15, 0.2) is 29.6 Å². The van der Waals surface area contributed by atoms with Gasteiger partial charge in [0, 0.05) is 29.1 Å². The number of benzene rings is 1. The largest absolute Gasteiger partial charge is 0.331 e. The molecular weight excluding hydrogens is 394 g/mol. The van der Waals surface area contributed by atoms with E-state index in [2.05, 4.69) is 21.2 Å². The summed E-state index contributed by atoms with van der Waals surface area (Å²) < 4.78 is 0. The van der Waals surface area contributed by atoms with Gasteiger partial charge in [-0.2, -0.15) is 0 Å². The highest BCUT2D eigenvalue weighted by Gasteiger charge is 2.24. The number of amides is 2. The summed E-state index contributed by atoms with van der Waals surface area (Å²) in [6.45, 7) is 0.684. The summed E-state index contributed by atoms with van der Waals surface area (Å²) in [6, 6.07) is 7.06. The number of thiazole rings is 1. The average molecular weight is 410 g/mol. The molecule has 0 atom stereocenters. The summed E-state index contributed by atoms with van der Waals surface area (Å²) >= 11 is 12.4. The monoisotopic (exact) mass is 409 g/mol. The zero-order chi connectivity index (χ0) is 18.5. The Kier molecular flexibility index (Phi) is 6.02. The summed E-state index contributed by atoms with van der Waals surface area (Å²) in [5.74, 6) is -0.209. The number of halogens is 1. The molecule has 3 N–H and O–H groups in total. The van der Waals surface area contributed by atoms with Crippen LogP contribution in [0.25, 0.3) is 0 Å². The lowest BCUT2D eigenvalue weighted by atomic mass is 10.3. The number of aromatic nitrogens is 1. The Balaban J connectivity index is 1.46. The van der Waals surface area contributed by atoms with Gasteiger partial charge in [-0.1, -0.05) is 17.7 Å². The molecule has 2 aromatic rings. The zero-order valence-electron chi connectivity index (χ0n) is 13.6. The molecule has 26 heavy (non-hydrogen) atoms. The topological polar surface area (TPSA) is 86.4 Å². The van der Waals surface area contributed by atoms with Gasteiger partial charge in [0.15, 0.2) is 10.2 Å². The van der Waals surface area contributed by atoms with E-state index in [1.54, 1.807) is 34.5 Å². The van der Waals surface area contributed by atoms with Crippen molar-refractivity contribution in [3.63, 3.8) is 0 Å². The lowest BCUT2D eigenvalue weighted by Crippen LogP contribution is -2.44. The standard InChI is InChI=1S/C16H16ClN5O2S2/c17-10-3-1-4-11(7-10)18-15(25)21-20-13(23)8-12-9-26-16(19-12)22-6-2-5-14(22)24/h1,3-4,7,9H,2,5-6,8H2,(H,20,23)(H2,18,21,25). The number of thiocarbonyl (C=S) groups is 1. The third-order valence-electron chi connectivity index (χ3n) is 3.58. The van der Waals surface area contributed by atoms with Crippen molar-refractivity contribution in [2.75, 3.05) is 16.8 Å². The van der Waals surface area contributed by atoms with Gasteiger partial charge in [0.25, 0.3) is 0 Å². The summed E-state index contributed by atoms with van der Waals surface area (Å²) in [4.78, 5) is 29.8. The number of anilines is 2. The van der Waals surface area contributed by atoms with Crippen LogP contribution in [0.1, 0.15) is 18.5 Å². The Morgan fingerprint density at radius 1 is 1.38 bits per heavy atom. The van der Waals surface area contributed by atoms with Crippen LogP contribution in [0.5, 0.6) is 0 Å². The fourth-order valence-electron chi connectivity index (χ4n) is 2.42. The molecule has 136 valence electrons. The summed E-state index contributed by atoms with van der Waals surface area (Å²) in [6.07, 6.45) is 1.48. The molecule has 10 heteroatoms. The molecular formula is C16H16ClN5O2S2. The van der Waals surface area contributed by atoms with Crippen LogP contribution < -0.4 is 21.1 Å². The van der Waals surface area contributed by atoms with E-state index in [9.17, 15) is 9.59 Å². The number of nitrogens with zero attached hydrogens (tertiary/aromatic N) is 2. The van der Waals surface area contributed by atoms with Gasteiger partial charge in [-0.05, 0) is 36.8 Å². The first-order chi connectivity index (χ1) is 12.5. The maximum absolute atomic E-state index is 12.0. The Morgan fingerprint density at radius 3 is 2.96 bits per heavy atom. The highest BCUT2D eigenvalue weighted by Crippen LogP contribution is 2.25. The molecule has 7 nitrogen and oxygen atoms in total. The first-order valence-electron chi connectivity index (χ1n) is 7.87. The van der Waals surface area contributed by atoms with Crippen molar-refractivity contribution in [2.45, 2.75) is 19.3 Å². The number of hydrogen-bond acceptors (Lipinski definition) is 5. The van der Waals surface area contributed by atoms with Crippen LogP contribution in [-0.2, 0) is 16.0 Å². The lowest BCUT2D eigenvalue weighted by Gasteiger charge is -2.11. The second kappa shape index (κ2) is 8.43. The predicted octanol–water partition coefficient (Wildman–Crippen LogP) is 2.48. The molecule has 2 heterocycles. The fraction of sp³-hybridized carbons (Fsp3) is 0.250. The lowest BCUT2D eigenvalue weighted by molar-refractivity contribution is -0.121. The van der Waals surface area contributed by atoms with Crippen LogP contribution in [0.3, 0.4) is 0 Å². The summed E-state index contributed by atoms with van der Waals surface area (Å²) in [5, 5.41) is 6.15. The van der Waals surface area contributed by atoms with E-state index in [0.717, 1.165) is 6.42 Å². The van der Waals surface area contributed by atoms with E-state index >= 15 is 0 Å². The highest BCUT2D eigenvalue weighted by atomic mass is 35.5. The molecule has 0 aliphatic carbocycles. The van der Waals surface area contributed by atoms with Gasteiger partial charge in [0.2, 0.25) is 11.8 Å². The van der Waals surface area contributed by atoms with E-state index in [0.29, 0.717) is 34.5 Å². The van der Waals surface area contributed by atoms with E-state index in [1.165, 1.54) is 11.3 Å². The van der Waals surface area contributed by atoms with Crippen molar-refractivity contribution in [1.82, 2.24) is 15.8 Å². The van der Waals surface area contributed by atoms with Crippen LogP contribution >= 0.6 is 35.2 Å². The summed E-state index contributed by atoms with van der Waals surface area (Å²) in [5.41, 5.74) is 6.46. The number of hydrogen-bond donors (Lipinski definition) is 3. The van der Waals surface area contributed by atoms with E-state index in [1.807, 2.05) is 0 Å². The maximum atomic E-state index is 12.0. The second-order valence-corrected chi connectivity index (χ2v) is 7.27. The van der Waals surface area contributed by atoms with Crippen molar-refractivity contribution in [3.05, 3.63) is 40.4 Å². The van der Waals surface area contributed by atoms with E-state index in [4.69, 9.17) is 23.8 Å². The number of carbonyl (C=O) groups excluding carboxylic acids is 2. The normalized spacial score (nSPS) is 13.6. The van der Waals surface area contributed by atoms with Crippen molar-refractivity contribution in [2.24, 2.45) is 0 Å². The highest BCUT2D eigenvalue weighted by molar-refractivity contribution is 7.80. The van der Waals surface area contributed by atoms with Crippen LogP contribution in [0, 0.1) is 0 Å². The number of rotatable bonds is 4. The third kappa shape index (κ3) is 4.90. The Labute approximate surface area is 164 Å². The van der Waals surface area contributed by atoms with Crippen LogP contribution in [0.4, 0.5) is 10.8 Å². The minimum Gasteiger partial charge on any atom is -0.331 e.